The van der Waals surface area contributed by atoms with Crippen molar-refractivity contribution in [3.63, 3.8) is 0 Å². The molecule has 5 heteroatoms. The summed E-state index contributed by atoms with van der Waals surface area (Å²) in [4.78, 5) is 11.8. The van der Waals surface area contributed by atoms with E-state index in [9.17, 15) is 4.79 Å². The molecule has 1 amide bonds. The number of carbonyl (C=O) groups excluding carboxylic acids is 1. The second kappa shape index (κ2) is 13.0. The van der Waals surface area contributed by atoms with E-state index >= 15 is 0 Å². The third-order valence-corrected chi connectivity index (χ3v) is 4.34. The van der Waals surface area contributed by atoms with Gasteiger partial charge in [0.05, 0.1) is 13.3 Å². The minimum Gasteiger partial charge on any atom is -0.496 e. The first-order valence-electron chi connectivity index (χ1n) is 8.82. The topological polar surface area (TPSA) is 50.7 Å². The molecule has 1 rings (SSSR count). The van der Waals surface area contributed by atoms with E-state index in [0.29, 0.717) is 6.42 Å². The molecule has 134 valence electrons. The Bertz CT molecular complexity index is 518. The van der Waals surface area contributed by atoms with Gasteiger partial charge >= 0.3 is 0 Å². The normalized spacial score (nSPS) is 11.0. The molecule has 1 aromatic rings. The predicted molar refractivity (Wildman–Crippen MR) is 104 cm³/mol. The SMILES string of the molecule is CCCCCCCCCCC(=O)N/N=C/c1cc(Br)ccc1OC. The largest absolute Gasteiger partial charge is 0.496 e. The lowest BCUT2D eigenvalue weighted by Gasteiger charge is -2.05. The van der Waals surface area contributed by atoms with E-state index in [1.807, 2.05) is 18.2 Å². The van der Waals surface area contributed by atoms with E-state index in [0.717, 1.165) is 28.6 Å². The lowest BCUT2D eigenvalue weighted by Crippen LogP contribution is -2.17. The lowest BCUT2D eigenvalue weighted by molar-refractivity contribution is -0.121. The van der Waals surface area contributed by atoms with Gasteiger partial charge in [0.2, 0.25) is 5.91 Å². The predicted octanol–water partition coefficient (Wildman–Crippen LogP) is 5.44. The molecule has 24 heavy (non-hydrogen) atoms. The minimum atomic E-state index is -0.0359. The molecule has 0 fully saturated rings. The summed E-state index contributed by atoms with van der Waals surface area (Å²) in [6, 6.07) is 5.65. The Morgan fingerprint density at radius 2 is 1.83 bits per heavy atom. The number of hydrogen-bond donors (Lipinski definition) is 1. The number of halogens is 1. The molecular weight excluding hydrogens is 368 g/mol. The van der Waals surface area contributed by atoms with Crippen LogP contribution < -0.4 is 10.2 Å². The summed E-state index contributed by atoms with van der Waals surface area (Å²) in [5.41, 5.74) is 3.40. The van der Waals surface area contributed by atoms with Crippen molar-refractivity contribution in [2.24, 2.45) is 5.10 Å². The van der Waals surface area contributed by atoms with Gasteiger partial charge < -0.3 is 4.74 Å². The zero-order chi connectivity index (χ0) is 17.6. The van der Waals surface area contributed by atoms with Crippen LogP contribution in [0.25, 0.3) is 0 Å². The van der Waals surface area contributed by atoms with E-state index in [1.165, 1.54) is 38.5 Å². The molecule has 0 saturated heterocycles. The summed E-state index contributed by atoms with van der Waals surface area (Å²) >= 11 is 3.41. The summed E-state index contributed by atoms with van der Waals surface area (Å²) in [6.45, 7) is 2.23. The quantitative estimate of drug-likeness (QED) is 0.290. The highest BCUT2D eigenvalue weighted by Gasteiger charge is 2.02. The van der Waals surface area contributed by atoms with Crippen LogP contribution in [0.1, 0.15) is 70.3 Å². The molecule has 0 aliphatic carbocycles. The fourth-order valence-corrected chi connectivity index (χ4v) is 2.83. The van der Waals surface area contributed by atoms with Crippen LogP contribution >= 0.6 is 15.9 Å². The molecule has 0 spiro atoms. The van der Waals surface area contributed by atoms with Crippen molar-refractivity contribution < 1.29 is 9.53 Å². The van der Waals surface area contributed by atoms with Crippen LogP contribution in [0.2, 0.25) is 0 Å². The molecule has 0 aliphatic heterocycles. The van der Waals surface area contributed by atoms with Crippen LogP contribution in [0.15, 0.2) is 27.8 Å². The average molecular weight is 397 g/mol. The van der Waals surface area contributed by atoms with Gasteiger partial charge in [0.15, 0.2) is 0 Å². The minimum absolute atomic E-state index is 0.0359. The summed E-state index contributed by atoms with van der Waals surface area (Å²) in [6.07, 6.45) is 12.0. The van der Waals surface area contributed by atoms with Crippen molar-refractivity contribution in [2.75, 3.05) is 7.11 Å². The van der Waals surface area contributed by atoms with Crippen molar-refractivity contribution >= 4 is 28.1 Å². The van der Waals surface area contributed by atoms with Gasteiger partial charge in [-0.3, -0.25) is 4.79 Å². The third kappa shape index (κ3) is 9.06. The Morgan fingerprint density at radius 3 is 2.50 bits per heavy atom. The van der Waals surface area contributed by atoms with E-state index in [1.54, 1.807) is 13.3 Å². The molecule has 0 saturated carbocycles. The molecule has 0 heterocycles. The monoisotopic (exact) mass is 396 g/mol. The highest BCUT2D eigenvalue weighted by molar-refractivity contribution is 9.10. The van der Waals surface area contributed by atoms with E-state index in [-0.39, 0.29) is 5.91 Å². The Kier molecular flexibility index (Phi) is 11.2. The molecule has 0 aromatic heterocycles. The molecule has 0 unspecified atom stereocenters. The highest BCUT2D eigenvalue weighted by Crippen LogP contribution is 2.21. The summed E-state index contributed by atoms with van der Waals surface area (Å²) < 4.78 is 6.20. The number of hydrazone groups is 1. The van der Waals surface area contributed by atoms with E-state index < -0.39 is 0 Å². The molecule has 0 bridgehead atoms. The molecule has 0 aliphatic rings. The van der Waals surface area contributed by atoms with Gasteiger partial charge in [-0.25, -0.2) is 5.43 Å². The van der Waals surface area contributed by atoms with Crippen LogP contribution in [-0.2, 0) is 4.79 Å². The maximum Gasteiger partial charge on any atom is 0.240 e. The Morgan fingerprint density at radius 1 is 1.17 bits per heavy atom. The van der Waals surface area contributed by atoms with Gasteiger partial charge in [-0.15, -0.1) is 0 Å². The second-order valence-corrected chi connectivity index (χ2v) is 6.82. The number of hydrogen-bond acceptors (Lipinski definition) is 3. The fraction of sp³-hybridized carbons (Fsp3) is 0.579. The summed E-state index contributed by atoms with van der Waals surface area (Å²) in [5.74, 6) is 0.686. The van der Waals surface area contributed by atoms with Crippen molar-refractivity contribution in [3.05, 3.63) is 28.2 Å². The van der Waals surface area contributed by atoms with Crippen molar-refractivity contribution in [3.8, 4) is 5.75 Å². The standard InChI is InChI=1S/C19H29BrN2O2/c1-3-4-5-6-7-8-9-10-11-19(23)22-21-15-16-14-17(20)12-13-18(16)24-2/h12-15H,3-11H2,1-2H3,(H,22,23)/b21-15+. The first-order valence-corrected chi connectivity index (χ1v) is 9.62. The maximum atomic E-state index is 11.8. The van der Waals surface area contributed by atoms with Crippen LogP contribution in [0.5, 0.6) is 5.75 Å². The van der Waals surface area contributed by atoms with Gasteiger partial charge in [0, 0.05) is 16.5 Å². The van der Waals surface area contributed by atoms with Gasteiger partial charge in [0.25, 0.3) is 0 Å². The fourth-order valence-electron chi connectivity index (χ4n) is 2.46. The van der Waals surface area contributed by atoms with Crippen molar-refractivity contribution in [2.45, 2.75) is 64.7 Å². The van der Waals surface area contributed by atoms with Crippen LogP contribution in [0.3, 0.4) is 0 Å². The van der Waals surface area contributed by atoms with Crippen molar-refractivity contribution in [1.82, 2.24) is 5.43 Å². The maximum absolute atomic E-state index is 11.8. The number of unbranched alkanes of at least 4 members (excludes halogenated alkanes) is 7. The van der Waals surface area contributed by atoms with E-state index in [4.69, 9.17) is 4.74 Å². The molecule has 0 radical (unpaired) electrons. The third-order valence-electron chi connectivity index (χ3n) is 3.84. The number of methoxy groups -OCH3 is 1. The Labute approximate surface area is 154 Å². The van der Waals surface area contributed by atoms with Crippen LogP contribution in [0.4, 0.5) is 0 Å². The van der Waals surface area contributed by atoms with Gasteiger partial charge in [-0.05, 0) is 24.6 Å². The molecule has 1 N–H and O–H groups in total. The smallest absolute Gasteiger partial charge is 0.240 e. The second-order valence-electron chi connectivity index (χ2n) is 5.90. The first kappa shape index (κ1) is 20.7. The first-order chi connectivity index (χ1) is 11.7. The van der Waals surface area contributed by atoms with Gasteiger partial charge in [-0.2, -0.15) is 5.10 Å². The molecule has 1 aromatic carbocycles. The molecular formula is C19H29BrN2O2. The Balaban J connectivity index is 2.19. The lowest BCUT2D eigenvalue weighted by atomic mass is 10.1. The van der Waals surface area contributed by atoms with Gasteiger partial charge in [-0.1, -0.05) is 67.8 Å². The van der Waals surface area contributed by atoms with Crippen molar-refractivity contribution in [1.29, 1.82) is 0 Å². The molecule has 4 nitrogen and oxygen atoms in total. The zero-order valence-electron chi connectivity index (χ0n) is 14.8. The van der Waals surface area contributed by atoms with Crippen LogP contribution in [0, 0.1) is 0 Å². The Hall–Kier alpha value is -1.36. The number of rotatable bonds is 12. The zero-order valence-corrected chi connectivity index (χ0v) is 16.4. The number of benzene rings is 1. The average Bonchev–Trinajstić information content (AvgIpc) is 2.57. The summed E-state index contributed by atoms with van der Waals surface area (Å²) in [7, 11) is 1.61. The number of amides is 1. The number of nitrogens with zero attached hydrogens (tertiary/aromatic N) is 1. The number of carbonyl (C=O) groups is 1. The van der Waals surface area contributed by atoms with Crippen LogP contribution in [-0.4, -0.2) is 19.2 Å². The van der Waals surface area contributed by atoms with E-state index in [2.05, 4.69) is 33.4 Å². The van der Waals surface area contributed by atoms with Gasteiger partial charge in [0.1, 0.15) is 5.75 Å². The molecule has 0 atom stereocenters. The number of nitrogens with one attached hydrogen (secondary N) is 1. The highest BCUT2D eigenvalue weighted by atomic mass is 79.9. The summed E-state index contributed by atoms with van der Waals surface area (Å²) in [5, 5.41) is 4.01. The number of ether oxygens (including phenoxy) is 1.